The van der Waals surface area contributed by atoms with E-state index in [-0.39, 0.29) is 5.91 Å². The van der Waals surface area contributed by atoms with E-state index in [2.05, 4.69) is 20.2 Å². The molecule has 2 saturated heterocycles. The van der Waals surface area contributed by atoms with E-state index in [9.17, 15) is 4.79 Å². The van der Waals surface area contributed by atoms with Crippen molar-refractivity contribution in [2.45, 2.75) is 25.2 Å². The number of nitrogens with zero attached hydrogens (tertiary/aromatic N) is 3. The number of carbonyl (C=O) groups is 1. The van der Waals surface area contributed by atoms with Crippen molar-refractivity contribution in [2.24, 2.45) is 0 Å². The quantitative estimate of drug-likeness (QED) is 0.901. The monoisotopic (exact) mass is 354 g/mol. The molecule has 2 aromatic heterocycles. The lowest BCUT2D eigenvalue weighted by molar-refractivity contribution is -0.169. The van der Waals surface area contributed by atoms with Gasteiger partial charge in [0.25, 0.3) is 5.91 Å². The molecule has 7 nitrogen and oxygen atoms in total. The lowest BCUT2D eigenvalue weighted by Gasteiger charge is -2.38. The van der Waals surface area contributed by atoms with Crippen LogP contribution in [0.3, 0.4) is 0 Å². The minimum absolute atomic E-state index is 0.117. The number of hydrogen-bond donors (Lipinski definition) is 1. The summed E-state index contributed by atoms with van der Waals surface area (Å²) in [5.74, 6) is 0.287. The van der Waals surface area contributed by atoms with Crippen LogP contribution in [-0.4, -0.2) is 48.0 Å². The van der Waals surface area contributed by atoms with Crippen molar-refractivity contribution >= 4 is 11.7 Å². The summed E-state index contributed by atoms with van der Waals surface area (Å²) in [7, 11) is 0. The molecule has 0 radical (unpaired) electrons. The highest BCUT2D eigenvalue weighted by atomic mass is 16.7. The summed E-state index contributed by atoms with van der Waals surface area (Å²) >= 11 is 0. The number of carbonyl (C=O) groups excluding carboxylic acids is 1. The number of pyridine rings is 2. The van der Waals surface area contributed by atoms with Gasteiger partial charge in [0, 0.05) is 56.6 Å². The molecule has 0 unspecified atom stereocenters. The van der Waals surface area contributed by atoms with Crippen LogP contribution in [0.25, 0.3) is 0 Å². The van der Waals surface area contributed by atoms with Crippen LogP contribution in [-0.2, 0) is 16.0 Å². The Labute approximate surface area is 152 Å². The van der Waals surface area contributed by atoms with Gasteiger partial charge < -0.3 is 19.7 Å². The van der Waals surface area contributed by atoms with Gasteiger partial charge in [-0.2, -0.15) is 0 Å². The first-order valence-corrected chi connectivity index (χ1v) is 8.90. The second-order valence-electron chi connectivity index (χ2n) is 6.54. The highest BCUT2D eigenvalue weighted by Crippen LogP contribution is 2.32. The summed E-state index contributed by atoms with van der Waals surface area (Å²) in [5, 5.41) is 2.92. The smallest absolute Gasteiger partial charge is 0.251 e. The van der Waals surface area contributed by atoms with Crippen molar-refractivity contribution in [3.8, 4) is 0 Å². The first-order valence-electron chi connectivity index (χ1n) is 8.90. The minimum Gasteiger partial charge on any atom is -0.356 e. The number of ether oxygens (including phenoxy) is 2. The minimum atomic E-state index is -0.408. The molecule has 2 aromatic rings. The molecule has 7 heteroatoms. The number of amides is 1. The van der Waals surface area contributed by atoms with Crippen LogP contribution < -0.4 is 10.2 Å². The molecule has 0 atom stereocenters. The number of nitrogens with one attached hydrogen (secondary N) is 1. The Morgan fingerprint density at radius 3 is 2.73 bits per heavy atom. The average molecular weight is 354 g/mol. The number of piperidine rings is 1. The van der Waals surface area contributed by atoms with Gasteiger partial charge >= 0.3 is 0 Å². The fourth-order valence-corrected chi connectivity index (χ4v) is 3.38. The molecule has 0 saturated carbocycles. The Balaban J connectivity index is 1.38. The van der Waals surface area contributed by atoms with E-state index in [1.807, 2.05) is 18.2 Å². The van der Waals surface area contributed by atoms with E-state index < -0.39 is 5.79 Å². The van der Waals surface area contributed by atoms with E-state index >= 15 is 0 Å². The van der Waals surface area contributed by atoms with Crippen LogP contribution in [0.15, 0.2) is 42.9 Å². The first-order chi connectivity index (χ1) is 12.7. The molecule has 1 spiro atoms. The molecule has 4 rings (SSSR count). The summed E-state index contributed by atoms with van der Waals surface area (Å²) in [4.78, 5) is 23.1. The maximum Gasteiger partial charge on any atom is 0.251 e. The van der Waals surface area contributed by atoms with E-state index in [1.165, 1.54) is 0 Å². The summed E-state index contributed by atoms with van der Waals surface area (Å²) in [6.07, 6.45) is 6.76. The van der Waals surface area contributed by atoms with Crippen LogP contribution in [0.5, 0.6) is 0 Å². The van der Waals surface area contributed by atoms with Gasteiger partial charge in [0.15, 0.2) is 5.79 Å². The van der Waals surface area contributed by atoms with E-state index in [1.54, 1.807) is 24.7 Å². The van der Waals surface area contributed by atoms with E-state index in [0.29, 0.717) is 25.3 Å². The molecular weight excluding hydrogens is 332 g/mol. The standard InChI is InChI=1S/C19H22N4O3/c24-18(22-14-15-2-1-6-20-13-15)16-3-7-21-17(12-16)23-8-4-19(5-9-23)25-10-11-26-19/h1-3,6-7,12-13H,4-5,8-11,14H2,(H,22,24). The lowest BCUT2D eigenvalue weighted by Crippen LogP contribution is -2.45. The van der Waals surface area contributed by atoms with Crippen LogP contribution >= 0.6 is 0 Å². The summed E-state index contributed by atoms with van der Waals surface area (Å²) < 4.78 is 11.5. The second kappa shape index (κ2) is 7.39. The highest BCUT2D eigenvalue weighted by Gasteiger charge is 2.40. The number of hydrogen-bond acceptors (Lipinski definition) is 6. The first kappa shape index (κ1) is 16.9. The summed E-state index contributed by atoms with van der Waals surface area (Å²) in [6.45, 7) is 3.39. The zero-order valence-corrected chi connectivity index (χ0v) is 14.6. The molecule has 1 amide bonds. The molecule has 2 aliphatic heterocycles. The van der Waals surface area contributed by atoms with Gasteiger partial charge in [0.2, 0.25) is 0 Å². The Bertz CT molecular complexity index is 752. The largest absolute Gasteiger partial charge is 0.356 e. The Hall–Kier alpha value is -2.51. The maximum atomic E-state index is 12.4. The normalized spacial score (nSPS) is 18.8. The van der Waals surface area contributed by atoms with Crippen molar-refractivity contribution in [3.63, 3.8) is 0 Å². The molecule has 0 aliphatic carbocycles. The third kappa shape index (κ3) is 3.68. The van der Waals surface area contributed by atoms with Crippen molar-refractivity contribution in [3.05, 3.63) is 54.0 Å². The molecule has 0 bridgehead atoms. The van der Waals surface area contributed by atoms with Crippen molar-refractivity contribution in [1.29, 1.82) is 0 Å². The van der Waals surface area contributed by atoms with Crippen LogP contribution in [0.2, 0.25) is 0 Å². The Morgan fingerprint density at radius 1 is 1.19 bits per heavy atom. The van der Waals surface area contributed by atoms with Gasteiger partial charge in [-0.05, 0) is 23.8 Å². The number of rotatable bonds is 4. The number of anilines is 1. The van der Waals surface area contributed by atoms with Crippen molar-refractivity contribution in [2.75, 3.05) is 31.2 Å². The van der Waals surface area contributed by atoms with Crippen molar-refractivity contribution < 1.29 is 14.3 Å². The van der Waals surface area contributed by atoms with Crippen molar-refractivity contribution in [1.82, 2.24) is 15.3 Å². The number of aromatic nitrogens is 2. The van der Waals surface area contributed by atoms with Crippen LogP contribution in [0.4, 0.5) is 5.82 Å². The van der Waals surface area contributed by atoms with Gasteiger partial charge in [0.05, 0.1) is 13.2 Å². The predicted octanol–water partition coefficient (Wildman–Crippen LogP) is 1.75. The molecular formula is C19H22N4O3. The van der Waals surface area contributed by atoms with Gasteiger partial charge in [-0.1, -0.05) is 6.07 Å². The zero-order valence-electron chi connectivity index (χ0n) is 14.6. The zero-order chi connectivity index (χ0) is 17.8. The summed E-state index contributed by atoms with van der Waals surface area (Å²) in [5.41, 5.74) is 1.57. The molecule has 2 fully saturated rings. The predicted molar refractivity (Wildman–Crippen MR) is 95.7 cm³/mol. The lowest BCUT2D eigenvalue weighted by atomic mass is 10.0. The fraction of sp³-hybridized carbons (Fsp3) is 0.421. The molecule has 4 heterocycles. The topological polar surface area (TPSA) is 76.6 Å². The average Bonchev–Trinajstić information content (AvgIpc) is 3.15. The van der Waals surface area contributed by atoms with E-state index in [0.717, 1.165) is 37.3 Å². The summed E-state index contributed by atoms with van der Waals surface area (Å²) in [6, 6.07) is 7.36. The molecule has 136 valence electrons. The van der Waals surface area contributed by atoms with Gasteiger partial charge in [-0.3, -0.25) is 9.78 Å². The molecule has 2 aliphatic rings. The molecule has 0 aromatic carbocycles. The maximum absolute atomic E-state index is 12.4. The molecule has 1 N–H and O–H groups in total. The van der Waals surface area contributed by atoms with Gasteiger partial charge in [-0.25, -0.2) is 4.98 Å². The fourth-order valence-electron chi connectivity index (χ4n) is 3.38. The molecule has 26 heavy (non-hydrogen) atoms. The Kier molecular flexibility index (Phi) is 4.81. The Morgan fingerprint density at radius 2 is 2.00 bits per heavy atom. The van der Waals surface area contributed by atoms with Crippen LogP contribution in [0.1, 0.15) is 28.8 Å². The second-order valence-corrected chi connectivity index (χ2v) is 6.54. The highest BCUT2D eigenvalue weighted by molar-refractivity contribution is 5.94. The van der Waals surface area contributed by atoms with Gasteiger partial charge in [-0.15, -0.1) is 0 Å². The van der Waals surface area contributed by atoms with Gasteiger partial charge in [0.1, 0.15) is 5.82 Å². The SMILES string of the molecule is O=C(NCc1cccnc1)c1ccnc(N2CCC3(CC2)OCCO3)c1. The van der Waals surface area contributed by atoms with E-state index in [4.69, 9.17) is 9.47 Å². The third-order valence-corrected chi connectivity index (χ3v) is 4.85. The van der Waals surface area contributed by atoms with Crippen LogP contribution in [0, 0.1) is 0 Å². The third-order valence-electron chi connectivity index (χ3n) is 4.85.